The van der Waals surface area contributed by atoms with Gasteiger partial charge in [-0.3, -0.25) is 4.79 Å². The zero-order chi connectivity index (χ0) is 28.3. The Bertz CT molecular complexity index is 1630. The van der Waals surface area contributed by atoms with Crippen LogP contribution < -0.4 is 10.1 Å². The van der Waals surface area contributed by atoms with E-state index in [1.807, 2.05) is 0 Å². The van der Waals surface area contributed by atoms with E-state index in [2.05, 4.69) is 15.4 Å². The quantitative estimate of drug-likeness (QED) is 0.220. The van der Waals surface area contributed by atoms with E-state index in [4.69, 9.17) is 4.74 Å². The van der Waals surface area contributed by atoms with Crippen molar-refractivity contribution < 1.29 is 31.5 Å². The Morgan fingerprint density at radius 2 is 1.55 bits per heavy atom. The van der Waals surface area contributed by atoms with Gasteiger partial charge in [-0.1, -0.05) is 24.3 Å². The summed E-state index contributed by atoms with van der Waals surface area (Å²) in [7, 11) is 0. The Kier molecular flexibility index (Phi) is 7.28. The van der Waals surface area contributed by atoms with Gasteiger partial charge < -0.3 is 10.1 Å². The van der Waals surface area contributed by atoms with Gasteiger partial charge in [0.15, 0.2) is 5.82 Å². The van der Waals surface area contributed by atoms with Gasteiger partial charge in [0.2, 0.25) is 0 Å². The van der Waals surface area contributed by atoms with Crippen LogP contribution in [0.1, 0.15) is 21.5 Å². The number of aromatic nitrogens is 3. The molecule has 4 aromatic carbocycles. The zero-order valence-corrected chi connectivity index (χ0v) is 20.5. The molecule has 202 valence electrons. The van der Waals surface area contributed by atoms with Crippen LogP contribution >= 0.6 is 0 Å². The summed E-state index contributed by atoms with van der Waals surface area (Å²) in [6.07, 6.45) is -4.50. The molecule has 0 saturated carbocycles. The minimum Gasteiger partial charge on any atom is -0.457 e. The van der Waals surface area contributed by atoms with E-state index in [0.717, 1.165) is 24.3 Å². The molecule has 0 saturated heterocycles. The Balaban J connectivity index is 1.37. The fourth-order valence-corrected chi connectivity index (χ4v) is 3.78. The molecule has 0 bridgehead atoms. The molecule has 0 aliphatic heterocycles. The highest BCUT2D eigenvalue weighted by Gasteiger charge is 2.30. The van der Waals surface area contributed by atoms with E-state index in [9.17, 15) is 26.7 Å². The number of carbonyl (C=O) groups is 1. The summed E-state index contributed by atoms with van der Waals surface area (Å²) in [5, 5.41) is 7.02. The van der Waals surface area contributed by atoms with Gasteiger partial charge in [0.25, 0.3) is 5.91 Å². The highest BCUT2D eigenvalue weighted by molar-refractivity contribution is 6.04. The zero-order valence-electron chi connectivity index (χ0n) is 20.5. The molecular weight excluding hydrogens is 531 g/mol. The topological polar surface area (TPSA) is 69.0 Å². The van der Waals surface area contributed by atoms with E-state index in [-0.39, 0.29) is 29.8 Å². The van der Waals surface area contributed by atoms with Crippen molar-refractivity contribution in [3.8, 4) is 23.1 Å². The molecule has 1 N–H and O–H groups in total. The highest BCUT2D eigenvalue weighted by atomic mass is 19.4. The number of amides is 1. The molecule has 5 rings (SSSR count). The van der Waals surface area contributed by atoms with E-state index in [0.29, 0.717) is 22.5 Å². The fraction of sp³-hybridized carbons (Fsp3) is 0.0690. The third-order valence-corrected chi connectivity index (χ3v) is 5.80. The van der Waals surface area contributed by atoms with Crippen molar-refractivity contribution in [1.82, 2.24) is 14.8 Å². The number of hydrogen-bond donors (Lipinski definition) is 1. The largest absolute Gasteiger partial charge is 0.457 e. The maximum absolute atomic E-state index is 14.0. The Hall–Kier alpha value is -5.06. The van der Waals surface area contributed by atoms with Crippen LogP contribution in [0.2, 0.25) is 0 Å². The summed E-state index contributed by atoms with van der Waals surface area (Å²) in [6.45, 7) is 0.0712. The normalized spacial score (nSPS) is 11.3. The van der Waals surface area contributed by atoms with Crippen molar-refractivity contribution in [2.24, 2.45) is 0 Å². The van der Waals surface area contributed by atoms with Gasteiger partial charge in [-0.2, -0.15) is 18.2 Å². The Morgan fingerprint density at radius 1 is 0.850 bits per heavy atom. The summed E-state index contributed by atoms with van der Waals surface area (Å²) >= 11 is 0. The molecule has 0 unspecified atom stereocenters. The van der Waals surface area contributed by atoms with Crippen LogP contribution in [0.25, 0.3) is 17.1 Å². The van der Waals surface area contributed by atoms with Gasteiger partial charge in [0.05, 0.1) is 11.3 Å². The average Bonchev–Trinajstić information content (AvgIpc) is 3.37. The summed E-state index contributed by atoms with van der Waals surface area (Å²) < 4.78 is 72.7. The van der Waals surface area contributed by atoms with Gasteiger partial charge >= 0.3 is 12.2 Å². The van der Waals surface area contributed by atoms with Crippen molar-refractivity contribution in [2.75, 3.05) is 5.32 Å². The molecule has 6 nitrogen and oxygen atoms in total. The predicted octanol–water partition coefficient (Wildman–Crippen LogP) is 7.06. The second-order valence-corrected chi connectivity index (χ2v) is 8.63. The number of carbonyl (C=O) groups excluding carboxylic acids is 1. The molecule has 40 heavy (non-hydrogen) atoms. The lowest BCUT2D eigenvalue weighted by Gasteiger charge is -2.10. The molecule has 0 radical (unpaired) electrons. The average molecular weight is 550 g/mol. The lowest BCUT2D eigenvalue weighted by molar-refractivity contribution is -0.137. The first-order chi connectivity index (χ1) is 19.2. The number of rotatable bonds is 7. The molecule has 0 fully saturated rings. The van der Waals surface area contributed by atoms with E-state index >= 15 is 0 Å². The first kappa shape index (κ1) is 26.5. The first-order valence-electron chi connectivity index (χ1n) is 11.8. The Morgan fingerprint density at radius 3 is 2.20 bits per heavy atom. The number of ether oxygens (including phenoxy) is 1. The standard InChI is InChI=1S/C29H19F5N4O2/c30-22-10-4-18(5-11-22)17-40-28-36-26(20-2-1-3-23(31)16-20)38(37-28)25-14-12-24(13-15-25)35-27(39)19-6-8-21(9-7-19)29(32,33)34/h1-16H,17H2,(H,35,39). The molecular formula is C29H19F5N4O2. The highest BCUT2D eigenvalue weighted by Crippen LogP contribution is 2.29. The number of anilines is 1. The van der Waals surface area contributed by atoms with Gasteiger partial charge in [-0.15, -0.1) is 5.10 Å². The van der Waals surface area contributed by atoms with Gasteiger partial charge in [0.1, 0.15) is 18.2 Å². The summed E-state index contributed by atoms with van der Waals surface area (Å²) in [6, 6.07) is 21.8. The Labute approximate surface area is 224 Å². The van der Waals surface area contributed by atoms with Crippen molar-refractivity contribution in [2.45, 2.75) is 12.8 Å². The SMILES string of the molecule is O=C(Nc1ccc(-n2nc(OCc3ccc(F)cc3)nc2-c2cccc(F)c2)cc1)c1ccc(C(F)(F)F)cc1. The second-order valence-electron chi connectivity index (χ2n) is 8.63. The molecule has 1 amide bonds. The van der Waals surface area contributed by atoms with Crippen LogP contribution in [0.4, 0.5) is 27.6 Å². The van der Waals surface area contributed by atoms with E-state index < -0.39 is 23.5 Å². The molecule has 5 aromatic rings. The molecule has 0 atom stereocenters. The van der Waals surface area contributed by atoms with Crippen LogP contribution in [0.3, 0.4) is 0 Å². The van der Waals surface area contributed by atoms with Crippen LogP contribution in [-0.4, -0.2) is 20.7 Å². The van der Waals surface area contributed by atoms with E-state index in [1.165, 1.54) is 35.0 Å². The lowest BCUT2D eigenvalue weighted by Crippen LogP contribution is -2.13. The van der Waals surface area contributed by atoms with Gasteiger partial charge in [-0.25, -0.2) is 13.5 Å². The number of nitrogens with zero attached hydrogens (tertiary/aromatic N) is 3. The number of alkyl halides is 3. The fourth-order valence-electron chi connectivity index (χ4n) is 3.78. The number of nitrogens with one attached hydrogen (secondary N) is 1. The molecule has 1 aromatic heterocycles. The smallest absolute Gasteiger partial charge is 0.416 e. The maximum atomic E-state index is 14.0. The third-order valence-electron chi connectivity index (χ3n) is 5.80. The lowest BCUT2D eigenvalue weighted by atomic mass is 10.1. The van der Waals surface area contributed by atoms with Crippen LogP contribution in [0, 0.1) is 11.6 Å². The van der Waals surface area contributed by atoms with Crippen molar-refractivity contribution in [1.29, 1.82) is 0 Å². The molecule has 11 heteroatoms. The summed E-state index contributed by atoms with van der Waals surface area (Å²) in [5.74, 6) is -1.14. The molecule has 1 heterocycles. The predicted molar refractivity (Wildman–Crippen MR) is 137 cm³/mol. The number of benzene rings is 4. The molecule has 0 spiro atoms. The van der Waals surface area contributed by atoms with Crippen molar-refractivity contribution >= 4 is 11.6 Å². The first-order valence-corrected chi connectivity index (χ1v) is 11.8. The number of halogens is 5. The maximum Gasteiger partial charge on any atom is 0.416 e. The van der Waals surface area contributed by atoms with Crippen LogP contribution in [-0.2, 0) is 12.8 Å². The minimum absolute atomic E-state index is 0.00303. The monoisotopic (exact) mass is 550 g/mol. The minimum atomic E-state index is -4.50. The van der Waals surface area contributed by atoms with Crippen molar-refractivity contribution in [3.05, 3.63) is 125 Å². The second kappa shape index (κ2) is 11.0. The van der Waals surface area contributed by atoms with Gasteiger partial charge in [-0.05, 0) is 78.4 Å². The van der Waals surface area contributed by atoms with Crippen molar-refractivity contribution in [3.63, 3.8) is 0 Å². The van der Waals surface area contributed by atoms with Crippen LogP contribution in [0.5, 0.6) is 6.01 Å². The van der Waals surface area contributed by atoms with Crippen LogP contribution in [0.15, 0.2) is 97.1 Å². The molecule has 0 aliphatic carbocycles. The summed E-state index contributed by atoms with van der Waals surface area (Å²) in [4.78, 5) is 16.9. The van der Waals surface area contributed by atoms with E-state index in [1.54, 1.807) is 42.5 Å². The number of hydrogen-bond acceptors (Lipinski definition) is 4. The molecule has 0 aliphatic rings. The summed E-state index contributed by atoms with van der Waals surface area (Å²) in [5.41, 5.74) is 1.23. The van der Waals surface area contributed by atoms with Gasteiger partial charge in [0, 0.05) is 16.8 Å². The third kappa shape index (κ3) is 6.15.